The topological polar surface area (TPSA) is 60.8 Å². The van der Waals surface area contributed by atoms with E-state index in [1.54, 1.807) is 17.2 Å². The van der Waals surface area contributed by atoms with Gasteiger partial charge in [0.15, 0.2) is 0 Å². The van der Waals surface area contributed by atoms with Crippen LogP contribution >= 0.6 is 0 Å². The molecule has 6 nitrogen and oxygen atoms in total. The second kappa shape index (κ2) is 11.8. The molecule has 1 amide bonds. The van der Waals surface area contributed by atoms with Crippen molar-refractivity contribution in [3.8, 4) is 0 Å². The maximum atomic E-state index is 13.5. The Morgan fingerprint density at radius 1 is 1.08 bits per heavy atom. The first-order chi connectivity index (χ1) is 17.2. The molecule has 0 N–H and O–H groups in total. The molecular formula is C30H36N2O4. The van der Waals surface area contributed by atoms with Crippen molar-refractivity contribution in [2.45, 2.75) is 58.8 Å². The molecule has 1 atom stereocenters. The van der Waals surface area contributed by atoms with Crippen LogP contribution in [0, 0.1) is 0 Å². The molecule has 0 bridgehead atoms. The smallest absolute Gasteiger partial charge is 0.419 e. The van der Waals surface area contributed by atoms with Gasteiger partial charge in [0.1, 0.15) is 12.2 Å². The van der Waals surface area contributed by atoms with E-state index in [0.29, 0.717) is 24.9 Å². The lowest BCUT2D eigenvalue weighted by Crippen LogP contribution is -2.37. The van der Waals surface area contributed by atoms with Crippen LogP contribution in [0.1, 0.15) is 57.7 Å². The van der Waals surface area contributed by atoms with Crippen molar-refractivity contribution in [3.05, 3.63) is 96.7 Å². The highest BCUT2D eigenvalue weighted by atomic mass is 16.6. The van der Waals surface area contributed by atoms with Gasteiger partial charge in [0.2, 0.25) is 0 Å². The second-order valence-electron chi connectivity index (χ2n) is 9.68. The van der Waals surface area contributed by atoms with Crippen LogP contribution in [-0.2, 0) is 16.1 Å². The van der Waals surface area contributed by atoms with Crippen molar-refractivity contribution in [2.24, 2.45) is 0 Å². The van der Waals surface area contributed by atoms with Crippen LogP contribution < -0.4 is 0 Å². The first-order valence-corrected chi connectivity index (χ1v) is 12.3. The van der Waals surface area contributed by atoms with Crippen molar-refractivity contribution in [1.29, 1.82) is 0 Å². The molecule has 0 radical (unpaired) electrons. The number of carbonyl (C=O) groups is 2. The first kappa shape index (κ1) is 26.8. The van der Waals surface area contributed by atoms with Gasteiger partial charge in [-0.15, -0.1) is 6.58 Å². The molecular weight excluding hydrogens is 452 g/mol. The van der Waals surface area contributed by atoms with E-state index in [4.69, 9.17) is 9.47 Å². The number of para-hydroxylation sites is 1. The Morgan fingerprint density at radius 3 is 2.39 bits per heavy atom. The Bertz CT molecular complexity index is 1220. The van der Waals surface area contributed by atoms with Gasteiger partial charge in [-0.2, -0.15) is 0 Å². The average Bonchev–Trinajstić information content (AvgIpc) is 3.23. The molecule has 0 spiro atoms. The summed E-state index contributed by atoms with van der Waals surface area (Å²) in [5.74, 6) is 0. The van der Waals surface area contributed by atoms with Crippen LogP contribution in [0.15, 0.2) is 85.6 Å². The molecule has 190 valence electrons. The third-order valence-corrected chi connectivity index (χ3v) is 5.79. The second-order valence-corrected chi connectivity index (χ2v) is 9.68. The molecule has 0 aliphatic carbocycles. The van der Waals surface area contributed by atoms with Crippen molar-refractivity contribution >= 4 is 23.1 Å². The Labute approximate surface area is 213 Å². The van der Waals surface area contributed by atoms with Gasteiger partial charge in [-0.3, -0.25) is 9.47 Å². The summed E-state index contributed by atoms with van der Waals surface area (Å²) in [6.45, 7) is 16.2. The van der Waals surface area contributed by atoms with E-state index >= 15 is 0 Å². The molecule has 1 heterocycles. The van der Waals surface area contributed by atoms with Gasteiger partial charge in [-0.1, -0.05) is 73.7 Å². The molecule has 0 fully saturated rings. The van der Waals surface area contributed by atoms with Crippen LogP contribution in [0.2, 0.25) is 0 Å². The molecule has 0 saturated heterocycles. The lowest BCUT2D eigenvalue weighted by Gasteiger charge is -2.32. The number of nitrogens with zero attached hydrogens (tertiary/aromatic N) is 2. The number of benzene rings is 2. The monoisotopic (exact) mass is 488 g/mol. The van der Waals surface area contributed by atoms with Crippen molar-refractivity contribution < 1.29 is 19.1 Å². The van der Waals surface area contributed by atoms with Gasteiger partial charge in [-0.05, 0) is 45.2 Å². The van der Waals surface area contributed by atoms with E-state index in [-0.39, 0.29) is 6.61 Å². The zero-order valence-corrected chi connectivity index (χ0v) is 21.7. The molecule has 1 unspecified atom stereocenters. The van der Waals surface area contributed by atoms with Crippen molar-refractivity contribution in [2.75, 3.05) is 6.54 Å². The lowest BCUT2D eigenvalue weighted by molar-refractivity contribution is 0.0544. The van der Waals surface area contributed by atoms with E-state index in [2.05, 4.69) is 13.2 Å². The number of carbonyl (C=O) groups excluding carboxylic acids is 2. The normalized spacial score (nSPS) is 12.1. The molecule has 6 heteroatoms. The third kappa shape index (κ3) is 6.45. The number of rotatable bonds is 9. The van der Waals surface area contributed by atoms with Crippen LogP contribution in [0.4, 0.5) is 9.59 Å². The maximum absolute atomic E-state index is 13.5. The fourth-order valence-electron chi connectivity index (χ4n) is 4.05. The largest absolute Gasteiger partial charge is 0.445 e. The summed E-state index contributed by atoms with van der Waals surface area (Å²) in [5.41, 5.74) is 2.59. The number of hydrogen-bond acceptors (Lipinski definition) is 4. The number of ether oxygens (including phenoxy) is 2. The molecule has 3 rings (SSSR count). The summed E-state index contributed by atoms with van der Waals surface area (Å²) in [6.07, 6.45) is 3.83. The SMILES string of the molecule is C=CCCN(C(=O)OCc1ccccc1)C(C(=C)CC)c1cn(C(=O)OC(C)(C)C)c2ccccc12. The van der Waals surface area contributed by atoms with Gasteiger partial charge < -0.3 is 9.47 Å². The van der Waals surface area contributed by atoms with Gasteiger partial charge in [-0.25, -0.2) is 9.59 Å². The minimum absolute atomic E-state index is 0.162. The van der Waals surface area contributed by atoms with E-state index in [1.165, 1.54) is 4.57 Å². The van der Waals surface area contributed by atoms with E-state index in [0.717, 1.165) is 22.1 Å². The molecule has 0 saturated carbocycles. The zero-order chi connectivity index (χ0) is 26.3. The molecule has 2 aromatic carbocycles. The Balaban J connectivity index is 2.05. The van der Waals surface area contributed by atoms with Crippen LogP contribution in [0.25, 0.3) is 10.9 Å². The predicted molar refractivity (Wildman–Crippen MR) is 144 cm³/mol. The number of hydrogen-bond donors (Lipinski definition) is 0. The Kier molecular flexibility index (Phi) is 8.75. The van der Waals surface area contributed by atoms with E-state index in [9.17, 15) is 9.59 Å². The number of aromatic nitrogens is 1. The minimum atomic E-state index is -0.647. The van der Waals surface area contributed by atoms with Gasteiger partial charge in [0.05, 0.1) is 11.6 Å². The molecule has 3 aromatic rings. The molecule has 1 aromatic heterocycles. The highest BCUT2D eigenvalue weighted by Crippen LogP contribution is 2.36. The van der Waals surface area contributed by atoms with Crippen LogP contribution in [0.3, 0.4) is 0 Å². The molecule has 0 aliphatic heterocycles. The lowest BCUT2D eigenvalue weighted by atomic mass is 9.96. The summed E-state index contributed by atoms with van der Waals surface area (Å²) in [4.78, 5) is 28.2. The van der Waals surface area contributed by atoms with E-state index in [1.807, 2.05) is 82.3 Å². The Hall–Kier alpha value is -3.80. The summed E-state index contributed by atoms with van der Waals surface area (Å²) in [5, 5.41) is 0.849. The van der Waals surface area contributed by atoms with E-state index < -0.39 is 23.8 Å². The summed E-state index contributed by atoms with van der Waals surface area (Å²) < 4.78 is 12.9. The predicted octanol–water partition coefficient (Wildman–Crippen LogP) is 7.65. The van der Waals surface area contributed by atoms with Crippen molar-refractivity contribution in [3.63, 3.8) is 0 Å². The maximum Gasteiger partial charge on any atom is 0.419 e. The Morgan fingerprint density at radius 2 is 1.75 bits per heavy atom. The number of fused-ring (bicyclic) bond motifs is 1. The molecule has 0 aliphatic rings. The number of amides is 1. The van der Waals surface area contributed by atoms with Gasteiger partial charge in [0.25, 0.3) is 0 Å². The van der Waals surface area contributed by atoms with Gasteiger partial charge >= 0.3 is 12.2 Å². The first-order valence-electron chi connectivity index (χ1n) is 12.3. The average molecular weight is 489 g/mol. The summed E-state index contributed by atoms with van der Waals surface area (Å²) in [6, 6.07) is 16.7. The standard InChI is InChI=1S/C30H36N2O4/c1-7-9-19-31(28(33)35-21-23-15-11-10-12-16-23)27(22(3)8-2)25-20-32(29(34)36-30(4,5)6)26-18-14-13-17-24(25)26/h7,10-18,20,27H,1,3,8-9,19,21H2,2,4-6H3. The molecule has 36 heavy (non-hydrogen) atoms. The van der Waals surface area contributed by atoms with Gasteiger partial charge in [0, 0.05) is 23.7 Å². The quantitative estimate of drug-likeness (QED) is 0.290. The minimum Gasteiger partial charge on any atom is -0.445 e. The fraction of sp³-hybridized carbons (Fsp3) is 0.333. The summed E-state index contributed by atoms with van der Waals surface area (Å²) >= 11 is 0. The zero-order valence-electron chi connectivity index (χ0n) is 21.7. The van der Waals surface area contributed by atoms with Crippen LogP contribution in [0.5, 0.6) is 0 Å². The third-order valence-electron chi connectivity index (χ3n) is 5.79. The van der Waals surface area contributed by atoms with Crippen molar-refractivity contribution in [1.82, 2.24) is 9.47 Å². The highest BCUT2D eigenvalue weighted by Gasteiger charge is 2.31. The fourth-order valence-corrected chi connectivity index (χ4v) is 4.05. The summed E-state index contributed by atoms with van der Waals surface area (Å²) in [7, 11) is 0. The highest BCUT2D eigenvalue weighted by molar-refractivity contribution is 5.93. The van der Waals surface area contributed by atoms with Crippen LogP contribution in [-0.4, -0.2) is 33.8 Å².